The Morgan fingerprint density at radius 3 is 2.76 bits per heavy atom. The summed E-state index contributed by atoms with van der Waals surface area (Å²) in [5.41, 5.74) is 5.97. The van der Waals surface area contributed by atoms with Crippen LogP contribution < -0.4 is 5.73 Å². The number of piperidine rings is 1. The number of benzene rings is 1. The van der Waals surface area contributed by atoms with Crippen molar-refractivity contribution >= 4 is 34.0 Å². The minimum absolute atomic E-state index is 0. The fourth-order valence-corrected chi connectivity index (χ4v) is 4.43. The van der Waals surface area contributed by atoms with Crippen LogP contribution in [0.3, 0.4) is 0 Å². The topological polar surface area (TPSA) is 87.2 Å². The number of halogens is 2. The SMILES string of the molecule is Cl.N#Cc1ccc(S(=O)(=O)N2CCCC(CN)C2)c(Cl)c1. The van der Waals surface area contributed by atoms with E-state index in [0.717, 1.165) is 12.8 Å². The molecule has 5 nitrogen and oxygen atoms in total. The lowest BCUT2D eigenvalue weighted by Crippen LogP contribution is -2.42. The monoisotopic (exact) mass is 349 g/mol. The van der Waals surface area contributed by atoms with E-state index in [2.05, 4.69) is 0 Å². The van der Waals surface area contributed by atoms with Crippen LogP contribution in [0.4, 0.5) is 0 Å². The average Bonchev–Trinajstić information content (AvgIpc) is 2.46. The van der Waals surface area contributed by atoms with E-state index in [4.69, 9.17) is 22.6 Å². The van der Waals surface area contributed by atoms with Crippen molar-refractivity contribution in [2.75, 3.05) is 19.6 Å². The Labute approximate surface area is 136 Å². The van der Waals surface area contributed by atoms with Crippen LogP contribution in [0, 0.1) is 17.2 Å². The van der Waals surface area contributed by atoms with Gasteiger partial charge < -0.3 is 5.73 Å². The average molecular weight is 350 g/mol. The molecule has 1 aliphatic heterocycles. The van der Waals surface area contributed by atoms with Gasteiger partial charge in [-0.1, -0.05) is 11.6 Å². The molecule has 1 heterocycles. The van der Waals surface area contributed by atoms with Crippen LogP contribution in [-0.4, -0.2) is 32.4 Å². The minimum Gasteiger partial charge on any atom is -0.330 e. The summed E-state index contributed by atoms with van der Waals surface area (Å²) >= 11 is 6.00. The molecule has 0 aliphatic carbocycles. The van der Waals surface area contributed by atoms with Crippen LogP contribution in [-0.2, 0) is 10.0 Å². The second kappa shape index (κ2) is 7.43. The molecule has 1 aromatic rings. The summed E-state index contributed by atoms with van der Waals surface area (Å²) in [4.78, 5) is 0.0517. The second-order valence-electron chi connectivity index (χ2n) is 4.86. The van der Waals surface area contributed by atoms with Crippen LogP contribution in [0.15, 0.2) is 23.1 Å². The maximum Gasteiger partial charge on any atom is 0.244 e. The van der Waals surface area contributed by atoms with Crippen molar-refractivity contribution in [1.82, 2.24) is 4.31 Å². The zero-order chi connectivity index (χ0) is 14.8. The van der Waals surface area contributed by atoms with Crippen LogP contribution in [0.1, 0.15) is 18.4 Å². The van der Waals surface area contributed by atoms with Gasteiger partial charge in [0.25, 0.3) is 0 Å². The van der Waals surface area contributed by atoms with Gasteiger partial charge >= 0.3 is 0 Å². The summed E-state index contributed by atoms with van der Waals surface area (Å²) in [5.74, 6) is 0.190. The molecule has 21 heavy (non-hydrogen) atoms. The van der Waals surface area contributed by atoms with Crippen molar-refractivity contribution in [3.05, 3.63) is 28.8 Å². The van der Waals surface area contributed by atoms with E-state index < -0.39 is 10.0 Å². The molecule has 0 amide bonds. The predicted octanol–water partition coefficient (Wildman–Crippen LogP) is 1.99. The molecule has 0 bridgehead atoms. The lowest BCUT2D eigenvalue weighted by molar-refractivity contribution is 0.271. The Kier molecular flexibility index (Phi) is 6.44. The maximum atomic E-state index is 12.6. The Hall–Kier alpha value is -0.840. The Morgan fingerprint density at radius 2 is 2.19 bits per heavy atom. The summed E-state index contributed by atoms with van der Waals surface area (Å²) in [7, 11) is -3.62. The highest BCUT2D eigenvalue weighted by atomic mass is 35.5. The summed E-state index contributed by atoms with van der Waals surface area (Å²) in [5, 5.41) is 8.87. The molecular formula is C13H17Cl2N3O2S. The van der Waals surface area contributed by atoms with Gasteiger partial charge in [-0.25, -0.2) is 8.42 Å². The number of hydrogen-bond donors (Lipinski definition) is 1. The number of nitriles is 1. The molecule has 1 atom stereocenters. The first-order valence-electron chi connectivity index (χ1n) is 6.39. The van der Waals surface area contributed by atoms with Crippen LogP contribution >= 0.6 is 24.0 Å². The number of nitrogens with two attached hydrogens (primary N) is 1. The molecule has 8 heteroatoms. The summed E-state index contributed by atoms with van der Waals surface area (Å²) in [6.45, 7) is 1.39. The Bertz CT molecular complexity index is 643. The van der Waals surface area contributed by atoms with Gasteiger partial charge in [0.05, 0.1) is 16.7 Å². The van der Waals surface area contributed by atoms with E-state index in [9.17, 15) is 8.42 Å². The quantitative estimate of drug-likeness (QED) is 0.903. The van der Waals surface area contributed by atoms with Gasteiger partial charge in [0.1, 0.15) is 4.90 Å². The zero-order valence-corrected chi connectivity index (χ0v) is 13.7. The standard InChI is InChI=1S/C13H16ClN3O2S.ClH/c14-12-6-10(7-15)3-4-13(12)20(18,19)17-5-1-2-11(8-16)9-17;/h3-4,6,11H,1-2,5,8-9,16H2;1H. The molecule has 1 unspecified atom stereocenters. The van der Waals surface area contributed by atoms with Crippen molar-refractivity contribution < 1.29 is 8.42 Å². The van der Waals surface area contributed by atoms with Crippen molar-refractivity contribution in [3.8, 4) is 6.07 Å². The van der Waals surface area contributed by atoms with Crippen molar-refractivity contribution in [2.24, 2.45) is 11.7 Å². The van der Waals surface area contributed by atoms with Gasteiger partial charge in [0.2, 0.25) is 10.0 Å². The van der Waals surface area contributed by atoms with Gasteiger partial charge in [0, 0.05) is 13.1 Å². The number of nitrogens with zero attached hydrogens (tertiary/aromatic N) is 2. The molecule has 0 radical (unpaired) electrons. The van der Waals surface area contributed by atoms with E-state index >= 15 is 0 Å². The number of sulfonamides is 1. The first kappa shape index (κ1) is 18.2. The molecule has 1 aliphatic rings. The van der Waals surface area contributed by atoms with Gasteiger partial charge in [-0.2, -0.15) is 9.57 Å². The highest BCUT2D eigenvalue weighted by Gasteiger charge is 2.31. The summed E-state index contributed by atoms with van der Waals surface area (Å²) in [6.07, 6.45) is 1.75. The molecule has 0 spiro atoms. The van der Waals surface area contributed by atoms with Crippen LogP contribution in [0.5, 0.6) is 0 Å². The predicted molar refractivity (Wildman–Crippen MR) is 84.0 cm³/mol. The summed E-state index contributed by atoms with van der Waals surface area (Å²) in [6, 6.07) is 6.16. The number of rotatable bonds is 3. The van der Waals surface area contributed by atoms with E-state index in [1.54, 1.807) is 0 Å². The fourth-order valence-electron chi connectivity index (χ4n) is 2.36. The van der Waals surface area contributed by atoms with Gasteiger partial charge in [-0.3, -0.25) is 0 Å². The lowest BCUT2D eigenvalue weighted by Gasteiger charge is -2.31. The minimum atomic E-state index is -3.62. The van der Waals surface area contributed by atoms with E-state index in [-0.39, 0.29) is 28.2 Å². The third-order valence-corrected chi connectivity index (χ3v) is 5.84. The molecule has 2 N–H and O–H groups in total. The normalized spacial score (nSPS) is 19.6. The third-order valence-electron chi connectivity index (χ3n) is 3.49. The molecule has 1 saturated heterocycles. The maximum absolute atomic E-state index is 12.6. The van der Waals surface area contributed by atoms with E-state index in [0.29, 0.717) is 25.2 Å². The first-order valence-corrected chi connectivity index (χ1v) is 8.20. The second-order valence-corrected chi connectivity index (χ2v) is 7.18. The highest BCUT2D eigenvalue weighted by molar-refractivity contribution is 7.89. The van der Waals surface area contributed by atoms with Gasteiger partial charge in [-0.05, 0) is 43.5 Å². The van der Waals surface area contributed by atoms with Crippen LogP contribution in [0.2, 0.25) is 5.02 Å². The molecule has 0 saturated carbocycles. The largest absolute Gasteiger partial charge is 0.330 e. The number of hydrogen-bond acceptors (Lipinski definition) is 4. The van der Waals surface area contributed by atoms with Crippen molar-refractivity contribution in [1.29, 1.82) is 5.26 Å². The zero-order valence-electron chi connectivity index (χ0n) is 11.3. The van der Waals surface area contributed by atoms with Crippen molar-refractivity contribution in [2.45, 2.75) is 17.7 Å². The smallest absolute Gasteiger partial charge is 0.244 e. The Balaban J connectivity index is 0.00000220. The van der Waals surface area contributed by atoms with Crippen LogP contribution in [0.25, 0.3) is 0 Å². The van der Waals surface area contributed by atoms with Gasteiger partial charge in [0.15, 0.2) is 0 Å². The van der Waals surface area contributed by atoms with E-state index in [1.807, 2.05) is 6.07 Å². The molecule has 1 aromatic carbocycles. The first-order chi connectivity index (χ1) is 9.48. The third kappa shape index (κ3) is 3.87. The lowest BCUT2D eigenvalue weighted by atomic mass is 10.0. The van der Waals surface area contributed by atoms with Crippen molar-refractivity contribution in [3.63, 3.8) is 0 Å². The molecule has 116 valence electrons. The Morgan fingerprint density at radius 1 is 1.48 bits per heavy atom. The molecule has 1 fully saturated rings. The molecule has 2 rings (SSSR count). The fraction of sp³-hybridized carbons (Fsp3) is 0.462. The molecular weight excluding hydrogens is 333 g/mol. The van der Waals surface area contributed by atoms with Gasteiger partial charge in [-0.15, -0.1) is 12.4 Å². The summed E-state index contributed by atoms with van der Waals surface area (Å²) < 4.78 is 26.6. The molecule has 0 aromatic heterocycles. The highest BCUT2D eigenvalue weighted by Crippen LogP contribution is 2.28. The van der Waals surface area contributed by atoms with E-state index in [1.165, 1.54) is 22.5 Å².